The van der Waals surface area contributed by atoms with E-state index >= 15 is 0 Å². The number of benzene rings is 2. The van der Waals surface area contributed by atoms with Crippen molar-refractivity contribution in [2.45, 2.75) is 51.3 Å². The fourth-order valence-corrected chi connectivity index (χ4v) is 5.61. The summed E-state index contributed by atoms with van der Waals surface area (Å²) in [5.41, 5.74) is 6.95. The zero-order valence-corrected chi connectivity index (χ0v) is 24.4. The zero-order chi connectivity index (χ0) is 29.2. The second-order valence-electron chi connectivity index (χ2n) is 9.96. The molecule has 2 aromatic rings. The Morgan fingerprint density at radius 2 is 1.75 bits per heavy atom. The average molecular weight is 574 g/mol. The lowest BCUT2D eigenvalue weighted by Gasteiger charge is -2.40. The molecule has 4 atom stereocenters. The number of ether oxygens (including phenoxy) is 3. The summed E-state index contributed by atoms with van der Waals surface area (Å²) in [5.74, 6) is -1.47. The van der Waals surface area contributed by atoms with Gasteiger partial charge in [-0.3, -0.25) is 9.69 Å². The van der Waals surface area contributed by atoms with Crippen LogP contribution in [0.5, 0.6) is 0 Å². The maximum atomic E-state index is 12.3. The number of halogens is 1. The number of carbonyl (C=O) groups is 3. The number of anilines is 1. The summed E-state index contributed by atoms with van der Waals surface area (Å²) < 4.78 is 15.8. The summed E-state index contributed by atoms with van der Waals surface area (Å²) in [4.78, 5) is 40.7. The molecule has 2 bridgehead atoms. The normalized spacial score (nSPS) is 21.8. The topological polar surface area (TPSA) is 111 Å². The highest BCUT2D eigenvalue weighted by Crippen LogP contribution is 2.40. The van der Waals surface area contributed by atoms with Crippen molar-refractivity contribution < 1.29 is 28.6 Å². The van der Waals surface area contributed by atoms with Gasteiger partial charge in [0.25, 0.3) is 0 Å². The molecule has 2 aliphatic heterocycles. The Hall–Kier alpha value is -3.14. The van der Waals surface area contributed by atoms with Gasteiger partial charge in [0.15, 0.2) is 0 Å². The first-order chi connectivity index (χ1) is 19.2. The lowest BCUT2D eigenvalue weighted by atomic mass is 9.87. The first-order valence-electron chi connectivity index (χ1n) is 13.7. The first kappa shape index (κ1) is 31.4. The van der Waals surface area contributed by atoms with Crippen LogP contribution >= 0.6 is 11.6 Å². The quantitative estimate of drug-likeness (QED) is 0.267. The number of nitrogens with two attached hydrogens (primary N) is 1. The Bertz CT molecular complexity index is 1140. The van der Waals surface area contributed by atoms with Crippen LogP contribution in [0.25, 0.3) is 0 Å². The monoisotopic (exact) mass is 573 g/mol. The van der Waals surface area contributed by atoms with E-state index in [1.807, 2.05) is 13.1 Å². The SMILES string of the molecule is CCN(CC)CCOC(=O)c1ccc(N)cc1Cl.COC(=O)[C@H]1[C@@H](OC(=O)c2ccccc2)C[C@@H]2CC[C@H]1N2C. The smallest absolute Gasteiger partial charge is 0.339 e. The Morgan fingerprint density at radius 1 is 1.05 bits per heavy atom. The maximum absolute atomic E-state index is 12.3. The number of fused-ring (bicyclic) bond motifs is 2. The standard InChI is InChI=1S/C17H21NO4.C13H19ClN2O2/c1-18-12-8-9-13(18)15(17(20)21-2)14(10-12)22-16(19)11-6-4-3-5-7-11;1-3-16(4-2)7-8-18-13(17)11-6-5-10(15)9-12(11)14/h3-7,12-15H,8-10H2,1-2H3;5-6,9H,3-4,7-8,15H2,1-2H3/t12-,13+,14-,15+;/m0./s1. The van der Waals surface area contributed by atoms with Gasteiger partial charge in [-0.15, -0.1) is 0 Å². The molecule has 2 N–H and O–H groups in total. The van der Waals surface area contributed by atoms with Crippen molar-refractivity contribution in [2.24, 2.45) is 5.92 Å². The molecular weight excluding hydrogens is 534 g/mol. The van der Waals surface area contributed by atoms with Gasteiger partial charge >= 0.3 is 17.9 Å². The van der Waals surface area contributed by atoms with Crippen molar-refractivity contribution in [1.29, 1.82) is 0 Å². The van der Waals surface area contributed by atoms with Crippen LogP contribution in [0.3, 0.4) is 0 Å². The van der Waals surface area contributed by atoms with Gasteiger partial charge in [-0.2, -0.15) is 0 Å². The molecule has 4 rings (SSSR count). The summed E-state index contributed by atoms with van der Waals surface area (Å²) in [5, 5.41) is 0.322. The molecule has 2 fully saturated rings. The minimum absolute atomic E-state index is 0.0970. The summed E-state index contributed by atoms with van der Waals surface area (Å²) >= 11 is 5.93. The molecule has 2 heterocycles. The van der Waals surface area contributed by atoms with Crippen molar-refractivity contribution >= 4 is 35.2 Å². The predicted octanol–water partition coefficient (Wildman–Crippen LogP) is 4.29. The molecule has 0 saturated carbocycles. The number of nitrogens with zero attached hydrogens (tertiary/aromatic N) is 2. The van der Waals surface area contributed by atoms with E-state index in [0.29, 0.717) is 40.9 Å². The second kappa shape index (κ2) is 15.0. The molecular formula is C30H40ClN3O6. The molecule has 10 heteroatoms. The van der Waals surface area contributed by atoms with Gasteiger partial charge in [-0.05, 0) is 63.3 Å². The summed E-state index contributed by atoms with van der Waals surface area (Å²) in [6, 6.07) is 14.1. The third-order valence-electron chi connectivity index (χ3n) is 7.70. The molecule has 0 amide bonds. The fourth-order valence-electron chi connectivity index (χ4n) is 5.35. The number of carbonyl (C=O) groups excluding carboxylic acids is 3. The summed E-state index contributed by atoms with van der Waals surface area (Å²) in [6.07, 6.45) is 2.26. The fraction of sp³-hybridized carbons (Fsp3) is 0.500. The van der Waals surface area contributed by atoms with Gasteiger partial charge in [0.2, 0.25) is 0 Å². The van der Waals surface area contributed by atoms with Gasteiger partial charge in [0, 0.05) is 30.7 Å². The summed E-state index contributed by atoms with van der Waals surface area (Å²) in [6.45, 7) is 7.12. The largest absolute Gasteiger partial charge is 0.469 e. The van der Waals surface area contributed by atoms with Crippen LogP contribution < -0.4 is 5.73 Å². The van der Waals surface area contributed by atoms with E-state index < -0.39 is 18.0 Å². The molecule has 40 heavy (non-hydrogen) atoms. The van der Waals surface area contributed by atoms with Crippen LogP contribution in [0.15, 0.2) is 48.5 Å². The average Bonchev–Trinajstić information content (AvgIpc) is 3.19. The van der Waals surface area contributed by atoms with Crippen molar-refractivity contribution in [3.8, 4) is 0 Å². The first-order valence-corrected chi connectivity index (χ1v) is 14.1. The van der Waals surface area contributed by atoms with Crippen LogP contribution in [0, 0.1) is 5.92 Å². The van der Waals surface area contributed by atoms with Gasteiger partial charge < -0.3 is 24.8 Å². The number of methoxy groups -OCH3 is 1. The van der Waals surface area contributed by atoms with E-state index in [1.165, 1.54) is 7.11 Å². The third kappa shape index (κ3) is 7.96. The number of piperidine rings is 1. The Labute approximate surface area is 241 Å². The Morgan fingerprint density at radius 3 is 2.38 bits per heavy atom. The van der Waals surface area contributed by atoms with Gasteiger partial charge in [-0.25, -0.2) is 9.59 Å². The van der Waals surface area contributed by atoms with Crippen LogP contribution in [0.2, 0.25) is 5.02 Å². The van der Waals surface area contributed by atoms with Gasteiger partial charge in [-0.1, -0.05) is 43.6 Å². The second-order valence-corrected chi connectivity index (χ2v) is 10.4. The Kier molecular flexibility index (Phi) is 11.8. The van der Waals surface area contributed by atoms with E-state index in [1.54, 1.807) is 42.5 Å². The molecule has 2 aliphatic rings. The third-order valence-corrected chi connectivity index (χ3v) is 8.02. The van der Waals surface area contributed by atoms with E-state index in [0.717, 1.165) is 32.5 Å². The number of hydrogen-bond acceptors (Lipinski definition) is 9. The van der Waals surface area contributed by atoms with Crippen LogP contribution in [-0.4, -0.2) is 86.3 Å². The highest BCUT2D eigenvalue weighted by atomic mass is 35.5. The number of nitrogen functional groups attached to an aromatic ring is 1. The molecule has 9 nitrogen and oxygen atoms in total. The molecule has 2 saturated heterocycles. The van der Waals surface area contributed by atoms with E-state index in [-0.39, 0.29) is 18.0 Å². The van der Waals surface area contributed by atoms with Crippen molar-refractivity contribution in [1.82, 2.24) is 9.80 Å². The van der Waals surface area contributed by atoms with Crippen LogP contribution in [0.4, 0.5) is 5.69 Å². The van der Waals surface area contributed by atoms with Gasteiger partial charge in [0.1, 0.15) is 18.6 Å². The lowest BCUT2D eigenvalue weighted by Crippen LogP contribution is -2.53. The number of rotatable bonds is 9. The van der Waals surface area contributed by atoms with E-state index in [9.17, 15) is 14.4 Å². The zero-order valence-electron chi connectivity index (χ0n) is 23.7. The number of likely N-dealkylation sites (N-methyl/N-ethyl adjacent to an activating group) is 1. The Balaban J connectivity index is 0.000000226. The summed E-state index contributed by atoms with van der Waals surface area (Å²) in [7, 11) is 3.42. The molecule has 0 radical (unpaired) electrons. The molecule has 218 valence electrons. The maximum Gasteiger partial charge on any atom is 0.339 e. The molecule has 0 spiro atoms. The number of hydrogen-bond donors (Lipinski definition) is 1. The highest BCUT2D eigenvalue weighted by molar-refractivity contribution is 6.33. The van der Waals surface area contributed by atoms with Crippen molar-refractivity contribution in [3.63, 3.8) is 0 Å². The van der Waals surface area contributed by atoms with Crippen LogP contribution in [0.1, 0.15) is 53.8 Å². The molecule has 0 aliphatic carbocycles. The molecule has 0 unspecified atom stereocenters. The minimum Gasteiger partial charge on any atom is -0.469 e. The van der Waals surface area contributed by atoms with Gasteiger partial charge in [0.05, 0.1) is 23.3 Å². The molecule has 2 aromatic carbocycles. The van der Waals surface area contributed by atoms with Crippen molar-refractivity contribution in [3.05, 3.63) is 64.7 Å². The minimum atomic E-state index is -0.410. The van der Waals surface area contributed by atoms with Crippen LogP contribution in [-0.2, 0) is 19.0 Å². The van der Waals surface area contributed by atoms with E-state index in [4.69, 9.17) is 31.5 Å². The lowest BCUT2D eigenvalue weighted by molar-refractivity contribution is -0.156. The number of esters is 3. The van der Waals surface area contributed by atoms with E-state index in [2.05, 4.69) is 23.6 Å². The molecule has 0 aromatic heterocycles. The predicted molar refractivity (Wildman–Crippen MR) is 154 cm³/mol. The van der Waals surface area contributed by atoms with Crippen molar-refractivity contribution in [2.75, 3.05) is 46.1 Å². The highest BCUT2D eigenvalue weighted by Gasteiger charge is 2.51.